The van der Waals surface area contributed by atoms with Crippen LogP contribution in [0, 0.1) is 5.41 Å². The Morgan fingerprint density at radius 2 is 2.07 bits per heavy atom. The van der Waals surface area contributed by atoms with Crippen LogP contribution in [0.4, 0.5) is 0 Å². The zero-order valence-corrected chi connectivity index (χ0v) is 9.58. The van der Waals surface area contributed by atoms with Crippen LogP contribution in [0.15, 0.2) is 24.3 Å². The molecule has 0 saturated heterocycles. The molecule has 0 bridgehead atoms. The molecular weight excluding hydrogens is 188 g/mol. The third-order valence-corrected chi connectivity index (χ3v) is 3.81. The SMILES string of the molecule is COc1cccc(C2(CO)CC2(C)C)c1. The number of rotatable bonds is 3. The molecule has 1 fully saturated rings. The molecule has 2 rings (SSSR count). The average Bonchev–Trinajstić information content (AvgIpc) is 2.82. The van der Waals surface area contributed by atoms with Crippen molar-refractivity contribution in [3.8, 4) is 5.75 Å². The van der Waals surface area contributed by atoms with Gasteiger partial charge in [0.25, 0.3) is 0 Å². The van der Waals surface area contributed by atoms with Crippen molar-refractivity contribution in [2.75, 3.05) is 13.7 Å². The summed E-state index contributed by atoms with van der Waals surface area (Å²) in [7, 11) is 1.67. The van der Waals surface area contributed by atoms with E-state index in [-0.39, 0.29) is 17.4 Å². The van der Waals surface area contributed by atoms with Crippen molar-refractivity contribution < 1.29 is 9.84 Å². The van der Waals surface area contributed by atoms with Crippen molar-refractivity contribution in [1.29, 1.82) is 0 Å². The molecule has 2 heteroatoms. The third kappa shape index (κ3) is 1.44. The Morgan fingerprint density at radius 3 is 2.53 bits per heavy atom. The highest BCUT2D eigenvalue weighted by Gasteiger charge is 2.61. The fourth-order valence-electron chi connectivity index (χ4n) is 2.48. The van der Waals surface area contributed by atoms with Crippen LogP contribution in [0.5, 0.6) is 5.75 Å². The fraction of sp³-hybridized carbons (Fsp3) is 0.538. The number of hydrogen-bond donors (Lipinski definition) is 1. The Hall–Kier alpha value is -1.02. The number of aliphatic hydroxyl groups is 1. The highest BCUT2D eigenvalue weighted by Crippen LogP contribution is 2.64. The summed E-state index contributed by atoms with van der Waals surface area (Å²) in [6.45, 7) is 4.61. The lowest BCUT2D eigenvalue weighted by atomic mass is 9.88. The van der Waals surface area contributed by atoms with E-state index in [0.29, 0.717) is 0 Å². The van der Waals surface area contributed by atoms with Crippen LogP contribution in [0.1, 0.15) is 25.8 Å². The van der Waals surface area contributed by atoms with Gasteiger partial charge in [-0.2, -0.15) is 0 Å². The van der Waals surface area contributed by atoms with Gasteiger partial charge in [0.15, 0.2) is 0 Å². The van der Waals surface area contributed by atoms with Crippen LogP contribution < -0.4 is 4.74 Å². The summed E-state index contributed by atoms with van der Waals surface area (Å²) in [5.41, 5.74) is 1.34. The molecule has 0 aliphatic heterocycles. The standard InChI is InChI=1S/C13H18O2/c1-12(2)8-13(12,9-14)10-5-4-6-11(7-10)15-3/h4-7,14H,8-9H2,1-3H3. The van der Waals surface area contributed by atoms with Crippen LogP contribution >= 0.6 is 0 Å². The lowest BCUT2D eigenvalue weighted by molar-refractivity contribution is 0.231. The first-order valence-electron chi connectivity index (χ1n) is 5.31. The minimum absolute atomic E-state index is 0.0540. The molecule has 1 aliphatic carbocycles. The topological polar surface area (TPSA) is 29.5 Å². The van der Waals surface area contributed by atoms with Gasteiger partial charge in [-0.15, -0.1) is 0 Å². The van der Waals surface area contributed by atoms with Crippen LogP contribution in [0.3, 0.4) is 0 Å². The minimum Gasteiger partial charge on any atom is -0.497 e. The van der Waals surface area contributed by atoms with Crippen molar-refractivity contribution in [2.45, 2.75) is 25.7 Å². The zero-order valence-electron chi connectivity index (χ0n) is 9.58. The quantitative estimate of drug-likeness (QED) is 0.822. The van der Waals surface area contributed by atoms with E-state index in [4.69, 9.17) is 4.74 Å². The first-order valence-corrected chi connectivity index (χ1v) is 5.31. The molecule has 1 unspecified atom stereocenters. The van der Waals surface area contributed by atoms with Gasteiger partial charge in [0.2, 0.25) is 0 Å². The van der Waals surface area contributed by atoms with E-state index < -0.39 is 0 Å². The predicted octanol–water partition coefficient (Wildman–Crippen LogP) is 2.36. The highest BCUT2D eigenvalue weighted by atomic mass is 16.5. The normalized spacial score (nSPS) is 27.5. The van der Waals surface area contributed by atoms with Crippen LogP contribution in [-0.4, -0.2) is 18.8 Å². The minimum atomic E-state index is -0.0540. The Balaban J connectivity index is 2.37. The Labute approximate surface area is 90.9 Å². The molecule has 2 nitrogen and oxygen atoms in total. The van der Waals surface area contributed by atoms with E-state index in [1.54, 1.807) is 7.11 Å². The van der Waals surface area contributed by atoms with E-state index in [1.165, 1.54) is 5.56 Å². The lowest BCUT2D eigenvalue weighted by Crippen LogP contribution is -2.19. The maximum atomic E-state index is 9.57. The summed E-state index contributed by atoms with van der Waals surface area (Å²) in [5.74, 6) is 0.864. The maximum Gasteiger partial charge on any atom is 0.119 e. The summed E-state index contributed by atoms with van der Waals surface area (Å²) >= 11 is 0. The number of hydrogen-bond acceptors (Lipinski definition) is 2. The van der Waals surface area contributed by atoms with Crippen molar-refractivity contribution in [1.82, 2.24) is 0 Å². The molecule has 1 atom stereocenters. The summed E-state index contributed by atoms with van der Waals surface area (Å²) < 4.78 is 5.21. The molecule has 0 aromatic heterocycles. The molecule has 1 saturated carbocycles. The van der Waals surface area contributed by atoms with Crippen LogP contribution in [0.2, 0.25) is 0 Å². The van der Waals surface area contributed by atoms with Crippen LogP contribution in [0.25, 0.3) is 0 Å². The molecular formula is C13H18O2. The zero-order chi connectivity index (χ0) is 11.1. The largest absolute Gasteiger partial charge is 0.497 e. The average molecular weight is 206 g/mol. The van der Waals surface area contributed by atoms with Gasteiger partial charge in [-0.1, -0.05) is 26.0 Å². The summed E-state index contributed by atoms with van der Waals surface area (Å²) in [6.07, 6.45) is 1.05. The monoisotopic (exact) mass is 206 g/mol. The van der Waals surface area contributed by atoms with E-state index >= 15 is 0 Å². The Kier molecular flexibility index (Phi) is 2.27. The summed E-state index contributed by atoms with van der Waals surface area (Å²) in [6, 6.07) is 8.03. The molecule has 1 aliphatic rings. The van der Waals surface area contributed by atoms with Crippen molar-refractivity contribution in [3.05, 3.63) is 29.8 Å². The maximum absolute atomic E-state index is 9.57. The second-order valence-electron chi connectivity index (χ2n) is 5.03. The molecule has 82 valence electrons. The van der Waals surface area contributed by atoms with Gasteiger partial charge in [0, 0.05) is 5.41 Å². The number of ether oxygens (including phenoxy) is 1. The third-order valence-electron chi connectivity index (χ3n) is 3.81. The molecule has 1 N–H and O–H groups in total. The fourth-order valence-corrected chi connectivity index (χ4v) is 2.48. The van der Waals surface area contributed by atoms with E-state index in [1.807, 2.05) is 18.2 Å². The van der Waals surface area contributed by atoms with E-state index in [9.17, 15) is 5.11 Å². The summed E-state index contributed by atoms with van der Waals surface area (Å²) in [4.78, 5) is 0. The molecule has 1 aromatic rings. The first-order chi connectivity index (χ1) is 7.05. The molecule has 0 radical (unpaired) electrons. The highest BCUT2D eigenvalue weighted by molar-refractivity contribution is 5.41. The van der Waals surface area contributed by atoms with Gasteiger partial charge in [-0.3, -0.25) is 0 Å². The second-order valence-corrected chi connectivity index (χ2v) is 5.03. The molecule has 1 aromatic carbocycles. The van der Waals surface area contributed by atoms with Gasteiger partial charge >= 0.3 is 0 Å². The van der Waals surface area contributed by atoms with Gasteiger partial charge in [0.05, 0.1) is 13.7 Å². The Morgan fingerprint density at radius 1 is 1.40 bits per heavy atom. The number of benzene rings is 1. The molecule has 0 spiro atoms. The second kappa shape index (κ2) is 3.24. The van der Waals surface area contributed by atoms with E-state index in [0.717, 1.165) is 12.2 Å². The molecule has 0 amide bonds. The van der Waals surface area contributed by atoms with E-state index in [2.05, 4.69) is 19.9 Å². The molecule has 15 heavy (non-hydrogen) atoms. The number of methoxy groups -OCH3 is 1. The van der Waals surface area contributed by atoms with Gasteiger partial charge in [0.1, 0.15) is 5.75 Å². The van der Waals surface area contributed by atoms with Crippen molar-refractivity contribution >= 4 is 0 Å². The van der Waals surface area contributed by atoms with Gasteiger partial charge in [-0.25, -0.2) is 0 Å². The van der Waals surface area contributed by atoms with Crippen molar-refractivity contribution in [3.63, 3.8) is 0 Å². The van der Waals surface area contributed by atoms with Gasteiger partial charge in [-0.05, 0) is 29.5 Å². The summed E-state index contributed by atoms with van der Waals surface area (Å²) in [5, 5.41) is 9.57. The predicted molar refractivity (Wildman–Crippen MR) is 60.2 cm³/mol. The van der Waals surface area contributed by atoms with Gasteiger partial charge < -0.3 is 9.84 Å². The molecule has 0 heterocycles. The lowest BCUT2D eigenvalue weighted by Gasteiger charge is -2.18. The Bertz CT molecular complexity index is 371. The van der Waals surface area contributed by atoms with Crippen LogP contribution in [-0.2, 0) is 5.41 Å². The number of aliphatic hydroxyl groups excluding tert-OH is 1. The first kappa shape index (κ1) is 10.5. The van der Waals surface area contributed by atoms with Crippen molar-refractivity contribution in [2.24, 2.45) is 5.41 Å². The smallest absolute Gasteiger partial charge is 0.119 e.